The zero-order chi connectivity index (χ0) is 15.4. The van der Waals surface area contributed by atoms with Gasteiger partial charge in [-0.25, -0.2) is 8.78 Å². The molecule has 0 aromatic heterocycles. The number of hydrogen-bond acceptors (Lipinski definition) is 5. The summed E-state index contributed by atoms with van der Waals surface area (Å²) < 4.78 is 26.0. The Balaban J connectivity index is 2.03. The fraction of sp³-hybridized carbons (Fsp3) is 0.167. The molecule has 1 aliphatic rings. The number of rotatable bonds is 4. The second-order valence-electron chi connectivity index (χ2n) is 4.01. The van der Waals surface area contributed by atoms with Crippen LogP contribution in [-0.4, -0.2) is 33.6 Å². The topological polar surface area (TPSA) is 91.1 Å². The van der Waals surface area contributed by atoms with E-state index in [9.17, 15) is 18.4 Å². The maximum atomic E-state index is 13.3. The number of carbonyl (C=O) groups excluding carboxylic acids is 1. The highest BCUT2D eigenvalue weighted by atomic mass is 32.2. The van der Waals surface area contributed by atoms with Crippen molar-refractivity contribution in [1.82, 2.24) is 5.32 Å². The second kappa shape index (κ2) is 6.44. The predicted molar refractivity (Wildman–Crippen MR) is 73.2 cm³/mol. The summed E-state index contributed by atoms with van der Waals surface area (Å²) in [6.45, 7) is 0. The monoisotopic (exact) mass is 313 g/mol. The predicted octanol–water partition coefficient (Wildman–Crippen LogP) is 1.36. The molecular formula is C12H9F2N3O3S. The Morgan fingerprint density at radius 3 is 2.90 bits per heavy atom. The number of amides is 1. The molecule has 0 saturated carbocycles. The fourth-order valence-electron chi connectivity index (χ4n) is 1.49. The number of nitrogens with zero attached hydrogens (tertiary/aromatic N) is 2. The van der Waals surface area contributed by atoms with Crippen LogP contribution in [0, 0.1) is 11.6 Å². The molecule has 6 nitrogen and oxygen atoms in total. The average Bonchev–Trinajstić information content (AvgIpc) is 2.72. The van der Waals surface area contributed by atoms with Gasteiger partial charge in [-0.3, -0.25) is 9.59 Å². The van der Waals surface area contributed by atoms with E-state index in [0.717, 1.165) is 24.0 Å². The zero-order valence-corrected chi connectivity index (χ0v) is 11.2. The molecule has 9 heteroatoms. The van der Waals surface area contributed by atoms with Crippen LogP contribution in [0.15, 0.2) is 28.4 Å². The van der Waals surface area contributed by atoms with Crippen LogP contribution in [0.4, 0.5) is 8.78 Å². The summed E-state index contributed by atoms with van der Waals surface area (Å²) in [4.78, 5) is 22.0. The minimum atomic E-state index is -1.10. The van der Waals surface area contributed by atoms with E-state index in [4.69, 9.17) is 5.11 Å². The van der Waals surface area contributed by atoms with Crippen molar-refractivity contribution in [3.05, 3.63) is 35.4 Å². The lowest BCUT2D eigenvalue weighted by Crippen LogP contribution is -2.26. The highest BCUT2D eigenvalue weighted by molar-refractivity contribution is 8.15. The van der Waals surface area contributed by atoms with E-state index in [-0.39, 0.29) is 17.2 Å². The third-order valence-corrected chi connectivity index (χ3v) is 3.52. The number of aliphatic carboxylic acids is 1. The first-order valence-electron chi connectivity index (χ1n) is 5.71. The van der Waals surface area contributed by atoms with Gasteiger partial charge in [0.2, 0.25) is 5.91 Å². The smallest absolute Gasteiger partial charge is 0.305 e. The van der Waals surface area contributed by atoms with Gasteiger partial charge in [0.15, 0.2) is 5.17 Å². The normalized spacial score (nSPS) is 20.2. The van der Waals surface area contributed by atoms with E-state index in [1.807, 2.05) is 0 Å². The molecule has 1 aromatic carbocycles. The Morgan fingerprint density at radius 2 is 2.24 bits per heavy atom. The number of carboxylic acids is 1. The quantitative estimate of drug-likeness (QED) is 0.648. The molecule has 1 saturated heterocycles. The van der Waals surface area contributed by atoms with E-state index < -0.39 is 28.8 Å². The van der Waals surface area contributed by atoms with Gasteiger partial charge >= 0.3 is 5.97 Å². The third kappa shape index (κ3) is 4.09. The number of carbonyl (C=O) groups is 2. The number of hydrogen-bond donors (Lipinski definition) is 2. The van der Waals surface area contributed by atoms with Gasteiger partial charge in [0.05, 0.1) is 12.6 Å². The van der Waals surface area contributed by atoms with Gasteiger partial charge in [-0.2, -0.15) is 5.10 Å². The van der Waals surface area contributed by atoms with Gasteiger partial charge in [0.1, 0.15) is 16.9 Å². The van der Waals surface area contributed by atoms with Crippen LogP contribution >= 0.6 is 11.8 Å². The maximum Gasteiger partial charge on any atom is 0.305 e. The van der Waals surface area contributed by atoms with Crippen LogP contribution < -0.4 is 5.32 Å². The lowest BCUT2D eigenvalue weighted by molar-refractivity contribution is -0.138. The summed E-state index contributed by atoms with van der Waals surface area (Å²) in [5.74, 6) is -3.05. The SMILES string of the molecule is O=C(O)CC1SC(=NN=Cc2ccc(F)cc2F)NC1=O. The van der Waals surface area contributed by atoms with E-state index in [1.54, 1.807) is 0 Å². The van der Waals surface area contributed by atoms with Crippen LogP contribution in [0.5, 0.6) is 0 Å². The molecule has 0 radical (unpaired) electrons. The molecule has 0 spiro atoms. The minimum absolute atomic E-state index is 0.0390. The van der Waals surface area contributed by atoms with Crippen molar-refractivity contribution in [2.45, 2.75) is 11.7 Å². The molecule has 2 N–H and O–H groups in total. The Bertz CT molecular complexity index is 649. The summed E-state index contributed by atoms with van der Waals surface area (Å²) in [5, 5.41) is 17.6. The molecule has 1 amide bonds. The lowest BCUT2D eigenvalue weighted by Gasteiger charge is -1.97. The molecular weight excluding hydrogens is 304 g/mol. The first kappa shape index (κ1) is 15.1. The number of nitrogens with one attached hydrogen (secondary N) is 1. The summed E-state index contributed by atoms with van der Waals surface area (Å²) in [5.41, 5.74) is 0.0390. The van der Waals surface area contributed by atoms with Crippen molar-refractivity contribution < 1.29 is 23.5 Å². The van der Waals surface area contributed by atoms with Gasteiger partial charge in [0.25, 0.3) is 0 Å². The van der Waals surface area contributed by atoms with Crippen LogP contribution in [-0.2, 0) is 9.59 Å². The number of carboxylic acid groups (broad SMARTS) is 1. The van der Waals surface area contributed by atoms with Crippen molar-refractivity contribution in [2.24, 2.45) is 10.2 Å². The van der Waals surface area contributed by atoms with Gasteiger partial charge in [-0.15, -0.1) is 5.10 Å². The standard InChI is InChI=1S/C12H9F2N3O3S/c13-7-2-1-6(8(14)3-7)5-15-17-12-16-11(20)9(21-12)4-10(18)19/h1-3,5,9H,4H2,(H,18,19)(H,16,17,20). The van der Waals surface area contributed by atoms with Crippen molar-refractivity contribution in [3.63, 3.8) is 0 Å². The highest BCUT2D eigenvalue weighted by Crippen LogP contribution is 2.22. The van der Waals surface area contributed by atoms with Gasteiger partial charge < -0.3 is 10.4 Å². The number of amidine groups is 1. The maximum absolute atomic E-state index is 13.3. The average molecular weight is 313 g/mol. The van der Waals surface area contributed by atoms with Crippen molar-refractivity contribution in [1.29, 1.82) is 0 Å². The molecule has 0 aliphatic carbocycles. The van der Waals surface area contributed by atoms with E-state index in [1.165, 1.54) is 6.07 Å². The van der Waals surface area contributed by atoms with Crippen LogP contribution in [0.2, 0.25) is 0 Å². The molecule has 1 aliphatic heterocycles. The Kier molecular flexibility index (Phi) is 4.63. The van der Waals surface area contributed by atoms with E-state index in [0.29, 0.717) is 6.07 Å². The zero-order valence-electron chi connectivity index (χ0n) is 10.4. The molecule has 1 heterocycles. The van der Waals surface area contributed by atoms with Crippen molar-refractivity contribution in [2.75, 3.05) is 0 Å². The van der Waals surface area contributed by atoms with Gasteiger partial charge in [0, 0.05) is 11.6 Å². The Hall–Kier alpha value is -2.29. The molecule has 0 bridgehead atoms. The first-order valence-corrected chi connectivity index (χ1v) is 6.59. The molecule has 1 fully saturated rings. The fourth-order valence-corrected chi connectivity index (χ4v) is 2.41. The Labute approximate surface area is 121 Å². The van der Waals surface area contributed by atoms with Crippen molar-refractivity contribution in [3.8, 4) is 0 Å². The Morgan fingerprint density at radius 1 is 1.48 bits per heavy atom. The van der Waals surface area contributed by atoms with Crippen LogP contribution in [0.1, 0.15) is 12.0 Å². The molecule has 1 unspecified atom stereocenters. The molecule has 1 atom stereocenters. The molecule has 1 aromatic rings. The largest absolute Gasteiger partial charge is 0.481 e. The van der Waals surface area contributed by atoms with Crippen LogP contribution in [0.3, 0.4) is 0 Å². The number of halogens is 2. The summed E-state index contributed by atoms with van der Waals surface area (Å²) in [6, 6.07) is 2.98. The third-order valence-electron chi connectivity index (χ3n) is 2.44. The number of thioether (sulfide) groups is 1. The van der Waals surface area contributed by atoms with E-state index in [2.05, 4.69) is 15.5 Å². The van der Waals surface area contributed by atoms with Crippen molar-refractivity contribution >= 4 is 35.0 Å². The van der Waals surface area contributed by atoms with Gasteiger partial charge in [-0.05, 0) is 12.1 Å². The first-order chi connectivity index (χ1) is 9.95. The van der Waals surface area contributed by atoms with E-state index >= 15 is 0 Å². The highest BCUT2D eigenvalue weighted by Gasteiger charge is 2.32. The lowest BCUT2D eigenvalue weighted by atomic mass is 10.2. The minimum Gasteiger partial charge on any atom is -0.481 e. The van der Waals surface area contributed by atoms with Gasteiger partial charge in [-0.1, -0.05) is 11.8 Å². The second-order valence-corrected chi connectivity index (χ2v) is 5.20. The summed E-state index contributed by atoms with van der Waals surface area (Å²) in [6.07, 6.45) is 0.741. The van der Waals surface area contributed by atoms with Crippen LogP contribution in [0.25, 0.3) is 0 Å². The summed E-state index contributed by atoms with van der Waals surface area (Å²) in [7, 11) is 0. The summed E-state index contributed by atoms with van der Waals surface area (Å²) >= 11 is 0.930. The molecule has 21 heavy (non-hydrogen) atoms. The molecule has 2 rings (SSSR count). The molecule has 110 valence electrons. The number of benzene rings is 1.